The third-order valence-corrected chi connectivity index (χ3v) is 13.4. The summed E-state index contributed by atoms with van der Waals surface area (Å²) >= 11 is 0. The molecule has 2 atom stereocenters. The van der Waals surface area contributed by atoms with Crippen LogP contribution in [0.5, 0.6) is 0 Å². The second kappa shape index (κ2) is 14.9. The third-order valence-electron chi connectivity index (χ3n) is 10.4. The first kappa shape index (κ1) is 43.5. The van der Waals surface area contributed by atoms with Gasteiger partial charge < -0.3 is 11.7 Å². The van der Waals surface area contributed by atoms with Crippen LogP contribution in [-0.2, 0) is 39.3 Å². The monoisotopic (exact) mass is 876 g/mol. The number of hydrogen-bond acceptors (Lipinski definition) is 10. The van der Waals surface area contributed by atoms with E-state index in [1.165, 1.54) is 84.9 Å². The van der Waals surface area contributed by atoms with Gasteiger partial charge in [-0.1, -0.05) is 84.9 Å². The molecule has 0 saturated heterocycles. The van der Waals surface area contributed by atoms with Crippen molar-refractivity contribution < 1.29 is 61.9 Å². The average molecular weight is 877 g/mol. The van der Waals surface area contributed by atoms with Crippen molar-refractivity contribution in [2.45, 2.75) is 48.5 Å². The Morgan fingerprint density at radius 2 is 0.917 bits per heavy atom. The standard InChI is InChI=1S/C38H30F6N6O8S2/c1-19-15-21(35(59(53,54)55)17-29(49-45)31(47-33(51)37(39,40)41)25-7-3-5-9-27(25)35)11-13-23(19)24-14-12-22(16-20(24)2)36(60(56,57)58)18-30(50-46)32(48-34(52)38(42,43)44)26-8-4-6-10-28(26)36/h3-16H,17-18,45-46H2,1-2H3,(H,53,54,55)(H,56,57,58)/b47-31?,48-32?,49-29-,50-30+. The van der Waals surface area contributed by atoms with Crippen molar-refractivity contribution in [1.82, 2.24) is 0 Å². The number of nitrogens with zero attached hydrogens (tertiary/aromatic N) is 4. The largest absolute Gasteiger partial charge is 0.473 e. The smallest absolute Gasteiger partial charge is 0.323 e. The summed E-state index contributed by atoms with van der Waals surface area (Å²) in [6.45, 7) is 3.13. The summed E-state index contributed by atoms with van der Waals surface area (Å²) in [7, 11) is -10.5. The SMILES string of the molecule is Cc1cc(C2(S(=O)(=O)O)C/C(=N/N)C(=NC(=O)C(F)(F)F)c3ccccc32)ccc1-c1ccc(C2(S(=O)(=O)O)C/C(=N\N)C(=NC(=O)C(F)(F)F)c3ccccc32)cc1C. The van der Waals surface area contributed by atoms with E-state index in [4.69, 9.17) is 11.7 Å². The molecule has 6 N–H and O–H groups in total. The van der Waals surface area contributed by atoms with E-state index in [1.807, 2.05) is 0 Å². The molecule has 14 nitrogen and oxygen atoms in total. The second-order valence-electron chi connectivity index (χ2n) is 13.8. The molecular weight excluding hydrogens is 847 g/mol. The molecule has 4 aromatic carbocycles. The van der Waals surface area contributed by atoms with E-state index < -0.39 is 89.6 Å². The maximum absolute atomic E-state index is 13.5. The van der Waals surface area contributed by atoms with Crippen LogP contribution in [-0.4, -0.2) is 73.0 Å². The third kappa shape index (κ3) is 7.07. The number of hydrazone groups is 2. The molecule has 2 unspecified atom stereocenters. The molecule has 0 radical (unpaired) electrons. The van der Waals surface area contributed by atoms with Crippen molar-refractivity contribution in [3.05, 3.63) is 129 Å². The number of carbonyl (C=O) groups is 2. The molecule has 22 heteroatoms. The number of halogens is 6. The van der Waals surface area contributed by atoms with Crippen LogP contribution >= 0.6 is 0 Å². The van der Waals surface area contributed by atoms with Gasteiger partial charge in [-0.3, -0.25) is 18.7 Å². The number of amides is 2. The van der Waals surface area contributed by atoms with Gasteiger partial charge in [0.25, 0.3) is 20.2 Å². The Morgan fingerprint density at radius 1 is 0.583 bits per heavy atom. The lowest BCUT2D eigenvalue weighted by Crippen LogP contribution is -2.46. The summed E-state index contributed by atoms with van der Waals surface area (Å²) in [6, 6.07) is 18.6. The minimum Gasteiger partial charge on any atom is -0.323 e. The minimum atomic E-state index is -5.39. The predicted octanol–water partition coefficient (Wildman–Crippen LogP) is 5.43. The van der Waals surface area contributed by atoms with E-state index in [0.29, 0.717) is 22.3 Å². The van der Waals surface area contributed by atoms with Crippen molar-refractivity contribution >= 4 is 54.9 Å². The van der Waals surface area contributed by atoms with Gasteiger partial charge in [-0.05, 0) is 58.4 Å². The molecule has 0 aliphatic heterocycles. The molecule has 60 heavy (non-hydrogen) atoms. The molecule has 0 heterocycles. The molecule has 0 spiro atoms. The maximum Gasteiger partial charge on any atom is 0.473 e. The summed E-state index contributed by atoms with van der Waals surface area (Å²) in [5, 5.41) is 6.93. The van der Waals surface area contributed by atoms with Crippen molar-refractivity contribution in [1.29, 1.82) is 0 Å². The zero-order valence-corrected chi connectivity index (χ0v) is 32.5. The quantitative estimate of drug-likeness (QED) is 0.0858. The van der Waals surface area contributed by atoms with Gasteiger partial charge in [-0.2, -0.15) is 53.4 Å². The number of nitrogens with two attached hydrogens (primary N) is 2. The van der Waals surface area contributed by atoms with Gasteiger partial charge in [0.15, 0.2) is 9.49 Å². The van der Waals surface area contributed by atoms with Gasteiger partial charge in [-0.25, -0.2) is 9.98 Å². The summed E-state index contributed by atoms with van der Waals surface area (Å²) < 4.78 is 151. The summed E-state index contributed by atoms with van der Waals surface area (Å²) in [5.41, 5.74) is -1.99. The lowest BCUT2D eigenvalue weighted by molar-refractivity contribution is -0.169. The van der Waals surface area contributed by atoms with E-state index in [1.54, 1.807) is 13.8 Å². The molecule has 2 aliphatic rings. The topological polar surface area (TPSA) is 244 Å². The molecular formula is C38H30F6N6O8S2. The number of fused-ring (bicyclic) bond motifs is 2. The Labute approximate surface area is 336 Å². The molecule has 0 bridgehead atoms. The first-order chi connectivity index (χ1) is 27.8. The van der Waals surface area contributed by atoms with Crippen LogP contribution < -0.4 is 11.7 Å². The molecule has 314 valence electrons. The average Bonchev–Trinajstić information content (AvgIpc) is 3.16. The van der Waals surface area contributed by atoms with Crippen molar-refractivity contribution in [2.24, 2.45) is 31.9 Å². The number of rotatable bonds is 5. The Balaban J connectivity index is 1.51. The van der Waals surface area contributed by atoms with E-state index >= 15 is 0 Å². The van der Waals surface area contributed by atoms with Crippen molar-refractivity contribution in [2.75, 3.05) is 0 Å². The molecule has 4 aromatic rings. The number of carbonyl (C=O) groups excluding carboxylic acids is 2. The molecule has 0 saturated carbocycles. The van der Waals surface area contributed by atoms with Crippen LogP contribution in [0.4, 0.5) is 26.3 Å². The Morgan fingerprint density at radius 3 is 1.20 bits per heavy atom. The van der Waals surface area contributed by atoms with Crippen LogP contribution in [0.1, 0.15) is 57.3 Å². The van der Waals surface area contributed by atoms with Crippen LogP contribution in [0, 0.1) is 13.8 Å². The van der Waals surface area contributed by atoms with Gasteiger partial charge >= 0.3 is 24.2 Å². The van der Waals surface area contributed by atoms with E-state index in [0.717, 1.165) is 0 Å². The van der Waals surface area contributed by atoms with Crippen LogP contribution in [0.25, 0.3) is 11.1 Å². The maximum atomic E-state index is 13.5. The Bertz CT molecular complexity index is 2660. The van der Waals surface area contributed by atoms with Crippen LogP contribution in [0.15, 0.2) is 105 Å². The van der Waals surface area contributed by atoms with Gasteiger partial charge in [0, 0.05) is 24.0 Å². The highest BCUT2D eigenvalue weighted by molar-refractivity contribution is 7.87. The molecule has 0 fully saturated rings. The number of aryl methyl sites for hydroxylation is 2. The predicted molar refractivity (Wildman–Crippen MR) is 207 cm³/mol. The lowest BCUT2D eigenvalue weighted by Gasteiger charge is -2.38. The molecule has 0 aromatic heterocycles. The summed E-state index contributed by atoms with van der Waals surface area (Å²) in [5.74, 6) is 6.03. The first-order valence-electron chi connectivity index (χ1n) is 17.1. The van der Waals surface area contributed by atoms with Crippen molar-refractivity contribution in [3.8, 4) is 11.1 Å². The first-order valence-corrected chi connectivity index (χ1v) is 20.0. The summed E-state index contributed by atoms with van der Waals surface area (Å²) in [4.78, 5) is 30.2. The lowest BCUT2D eigenvalue weighted by atomic mass is 9.74. The normalized spacial score (nSPS) is 22.5. The van der Waals surface area contributed by atoms with E-state index in [2.05, 4.69) is 20.2 Å². The van der Waals surface area contributed by atoms with E-state index in [-0.39, 0.29) is 33.4 Å². The van der Waals surface area contributed by atoms with Crippen LogP contribution in [0.2, 0.25) is 0 Å². The van der Waals surface area contributed by atoms with Gasteiger partial charge in [0.2, 0.25) is 0 Å². The Hall–Kier alpha value is -6.10. The van der Waals surface area contributed by atoms with Gasteiger partial charge in [0.05, 0.1) is 22.8 Å². The summed E-state index contributed by atoms with van der Waals surface area (Å²) in [6.07, 6.45) is -12.5. The number of hydrogen-bond donors (Lipinski definition) is 4. The highest BCUT2D eigenvalue weighted by atomic mass is 32.2. The molecule has 2 aliphatic carbocycles. The highest BCUT2D eigenvalue weighted by Crippen LogP contribution is 2.49. The van der Waals surface area contributed by atoms with Gasteiger partial charge in [-0.15, -0.1) is 0 Å². The highest BCUT2D eigenvalue weighted by Gasteiger charge is 2.55. The fraction of sp³-hybridized carbons (Fsp3) is 0.211. The molecule has 2 amide bonds. The number of alkyl halides is 6. The zero-order valence-electron chi connectivity index (χ0n) is 30.9. The Kier molecular flexibility index (Phi) is 10.8. The van der Waals surface area contributed by atoms with Gasteiger partial charge in [0.1, 0.15) is 0 Å². The number of benzene rings is 4. The van der Waals surface area contributed by atoms with Crippen LogP contribution in [0.3, 0.4) is 0 Å². The number of aliphatic imine (C=N–C) groups is 2. The zero-order chi connectivity index (χ0) is 44.4. The van der Waals surface area contributed by atoms with E-state index in [9.17, 15) is 61.9 Å². The second-order valence-corrected chi connectivity index (χ2v) is 17.1. The minimum absolute atomic E-state index is 0.0884. The molecule has 6 rings (SSSR count). The fourth-order valence-corrected chi connectivity index (χ4v) is 10.1. The fourth-order valence-electron chi connectivity index (χ4n) is 7.72. The van der Waals surface area contributed by atoms with Crippen molar-refractivity contribution in [3.63, 3.8) is 0 Å².